The molecule has 0 saturated carbocycles. The molecule has 0 radical (unpaired) electrons. The third-order valence-corrected chi connectivity index (χ3v) is 3.71. The molecule has 21 heavy (non-hydrogen) atoms. The standard InChI is InChI=1S/C18H20N2O/c1-3-7-14(2)20-17-10-5-4-9-16(17)19-18(20)12-11-15-8-6-13-21-15/h4-6,8-14H,3,7H2,1-2H3/b12-11+/t14-/m1/s1. The number of benzene rings is 1. The van der Waals surface area contributed by atoms with E-state index in [1.807, 2.05) is 30.4 Å². The summed E-state index contributed by atoms with van der Waals surface area (Å²) < 4.78 is 7.67. The molecule has 3 nitrogen and oxygen atoms in total. The third kappa shape index (κ3) is 2.77. The molecule has 0 N–H and O–H groups in total. The van der Waals surface area contributed by atoms with Crippen LogP contribution in [0.1, 0.15) is 44.3 Å². The molecule has 2 aromatic heterocycles. The molecule has 0 bridgehead atoms. The van der Waals surface area contributed by atoms with Gasteiger partial charge < -0.3 is 8.98 Å². The van der Waals surface area contributed by atoms with Crippen molar-refractivity contribution in [3.05, 3.63) is 54.2 Å². The molecular formula is C18H20N2O. The highest BCUT2D eigenvalue weighted by Gasteiger charge is 2.13. The molecule has 0 unspecified atom stereocenters. The quantitative estimate of drug-likeness (QED) is 0.646. The van der Waals surface area contributed by atoms with Gasteiger partial charge in [0.05, 0.1) is 17.3 Å². The van der Waals surface area contributed by atoms with Crippen LogP contribution in [0.2, 0.25) is 0 Å². The SMILES string of the molecule is CCC[C@@H](C)n1c(/C=C/c2ccco2)nc2ccccc21. The first kappa shape index (κ1) is 13.7. The van der Waals surface area contributed by atoms with Crippen molar-refractivity contribution in [1.29, 1.82) is 0 Å². The molecule has 0 aliphatic rings. The maximum atomic E-state index is 5.35. The van der Waals surface area contributed by atoms with Crippen molar-refractivity contribution in [3.63, 3.8) is 0 Å². The number of rotatable bonds is 5. The van der Waals surface area contributed by atoms with E-state index in [9.17, 15) is 0 Å². The number of aromatic nitrogens is 2. The second-order valence-electron chi connectivity index (χ2n) is 5.32. The van der Waals surface area contributed by atoms with Gasteiger partial charge in [-0.3, -0.25) is 0 Å². The van der Waals surface area contributed by atoms with E-state index in [2.05, 4.69) is 36.6 Å². The topological polar surface area (TPSA) is 31.0 Å². The van der Waals surface area contributed by atoms with Gasteiger partial charge in [-0.05, 0) is 49.8 Å². The fraction of sp³-hybridized carbons (Fsp3) is 0.278. The molecule has 0 amide bonds. The molecule has 2 heterocycles. The summed E-state index contributed by atoms with van der Waals surface area (Å²) in [5, 5.41) is 0. The van der Waals surface area contributed by atoms with E-state index in [4.69, 9.17) is 9.40 Å². The van der Waals surface area contributed by atoms with Crippen LogP contribution < -0.4 is 0 Å². The van der Waals surface area contributed by atoms with Crippen LogP contribution >= 0.6 is 0 Å². The smallest absolute Gasteiger partial charge is 0.134 e. The van der Waals surface area contributed by atoms with E-state index in [1.54, 1.807) is 6.26 Å². The van der Waals surface area contributed by atoms with Gasteiger partial charge in [0.2, 0.25) is 0 Å². The highest BCUT2D eigenvalue weighted by Crippen LogP contribution is 2.25. The van der Waals surface area contributed by atoms with Gasteiger partial charge in [-0.15, -0.1) is 0 Å². The first-order chi connectivity index (χ1) is 10.3. The summed E-state index contributed by atoms with van der Waals surface area (Å²) in [5.74, 6) is 1.82. The zero-order valence-corrected chi connectivity index (χ0v) is 12.5. The Kier molecular flexibility index (Phi) is 3.91. The van der Waals surface area contributed by atoms with Gasteiger partial charge in [0.15, 0.2) is 0 Å². The Morgan fingerprint density at radius 3 is 2.81 bits per heavy atom. The number of hydrogen-bond acceptors (Lipinski definition) is 2. The number of nitrogens with zero attached hydrogens (tertiary/aromatic N) is 2. The molecule has 3 rings (SSSR count). The van der Waals surface area contributed by atoms with Crippen LogP contribution in [0.3, 0.4) is 0 Å². The number of furan rings is 1. The molecule has 0 fully saturated rings. The molecule has 108 valence electrons. The predicted octanol–water partition coefficient (Wildman–Crippen LogP) is 5.16. The molecule has 0 aliphatic carbocycles. The fourth-order valence-electron chi connectivity index (χ4n) is 2.73. The Labute approximate surface area is 124 Å². The van der Waals surface area contributed by atoms with E-state index < -0.39 is 0 Å². The zero-order chi connectivity index (χ0) is 14.7. The van der Waals surface area contributed by atoms with Crippen LogP contribution in [0.4, 0.5) is 0 Å². The van der Waals surface area contributed by atoms with Gasteiger partial charge >= 0.3 is 0 Å². The minimum Gasteiger partial charge on any atom is -0.465 e. The van der Waals surface area contributed by atoms with Gasteiger partial charge in [-0.25, -0.2) is 4.98 Å². The number of hydrogen-bond donors (Lipinski definition) is 0. The molecule has 1 atom stereocenters. The first-order valence-electron chi connectivity index (χ1n) is 7.48. The lowest BCUT2D eigenvalue weighted by atomic mass is 10.2. The number of fused-ring (bicyclic) bond motifs is 1. The molecule has 0 saturated heterocycles. The average Bonchev–Trinajstić information content (AvgIpc) is 3.12. The molecule has 1 aromatic carbocycles. The van der Waals surface area contributed by atoms with Crippen LogP contribution in [-0.4, -0.2) is 9.55 Å². The van der Waals surface area contributed by atoms with E-state index >= 15 is 0 Å². The van der Waals surface area contributed by atoms with Gasteiger partial charge in [-0.1, -0.05) is 25.5 Å². The summed E-state index contributed by atoms with van der Waals surface area (Å²) in [5.41, 5.74) is 2.23. The minimum absolute atomic E-state index is 0.429. The van der Waals surface area contributed by atoms with Crippen LogP contribution in [-0.2, 0) is 0 Å². The highest BCUT2D eigenvalue weighted by atomic mass is 16.3. The number of para-hydroxylation sites is 2. The van der Waals surface area contributed by atoms with Crippen molar-refractivity contribution in [3.8, 4) is 0 Å². The Morgan fingerprint density at radius 2 is 2.05 bits per heavy atom. The monoisotopic (exact) mass is 280 g/mol. The number of imidazole rings is 1. The van der Waals surface area contributed by atoms with Crippen LogP contribution in [0.25, 0.3) is 23.2 Å². The van der Waals surface area contributed by atoms with Crippen molar-refractivity contribution in [1.82, 2.24) is 9.55 Å². The Morgan fingerprint density at radius 1 is 1.19 bits per heavy atom. The summed E-state index contributed by atoms with van der Waals surface area (Å²) in [6.45, 7) is 4.47. The van der Waals surface area contributed by atoms with E-state index in [-0.39, 0.29) is 0 Å². The lowest BCUT2D eigenvalue weighted by Gasteiger charge is -2.15. The average molecular weight is 280 g/mol. The summed E-state index contributed by atoms with van der Waals surface area (Å²) in [6.07, 6.45) is 7.99. The van der Waals surface area contributed by atoms with Gasteiger partial charge in [-0.2, -0.15) is 0 Å². The summed E-state index contributed by atoms with van der Waals surface area (Å²) in [7, 11) is 0. The Hall–Kier alpha value is -2.29. The predicted molar refractivity (Wildman–Crippen MR) is 87.0 cm³/mol. The molecular weight excluding hydrogens is 260 g/mol. The van der Waals surface area contributed by atoms with Crippen LogP contribution in [0.5, 0.6) is 0 Å². The Bertz CT molecular complexity index is 738. The van der Waals surface area contributed by atoms with E-state index in [0.717, 1.165) is 29.9 Å². The normalized spacial score (nSPS) is 13.2. The highest BCUT2D eigenvalue weighted by molar-refractivity contribution is 5.79. The van der Waals surface area contributed by atoms with Gasteiger partial charge in [0.25, 0.3) is 0 Å². The zero-order valence-electron chi connectivity index (χ0n) is 12.5. The second-order valence-corrected chi connectivity index (χ2v) is 5.32. The molecule has 3 heteroatoms. The van der Waals surface area contributed by atoms with Crippen molar-refractivity contribution in [2.45, 2.75) is 32.7 Å². The summed E-state index contributed by atoms with van der Waals surface area (Å²) in [4.78, 5) is 4.75. The molecule has 3 aromatic rings. The largest absolute Gasteiger partial charge is 0.465 e. The van der Waals surface area contributed by atoms with Crippen molar-refractivity contribution >= 4 is 23.2 Å². The fourth-order valence-corrected chi connectivity index (χ4v) is 2.73. The Balaban J connectivity index is 2.06. The maximum absolute atomic E-state index is 5.35. The molecule has 0 aliphatic heterocycles. The van der Waals surface area contributed by atoms with Gasteiger partial charge in [0.1, 0.15) is 11.6 Å². The lowest BCUT2D eigenvalue weighted by molar-refractivity contribution is 0.509. The van der Waals surface area contributed by atoms with Crippen LogP contribution in [0, 0.1) is 0 Å². The van der Waals surface area contributed by atoms with E-state index in [1.165, 1.54) is 5.52 Å². The molecule has 0 spiro atoms. The minimum atomic E-state index is 0.429. The van der Waals surface area contributed by atoms with Crippen LogP contribution in [0.15, 0.2) is 47.1 Å². The van der Waals surface area contributed by atoms with Gasteiger partial charge in [0, 0.05) is 6.04 Å². The summed E-state index contributed by atoms with van der Waals surface area (Å²) in [6, 6.07) is 12.6. The second kappa shape index (κ2) is 6.00. The van der Waals surface area contributed by atoms with Crippen molar-refractivity contribution < 1.29 is 4.42 Å². The van der Waals surface area contributed by atoms with Crippen molar-refractivity contribution in [2.24, 2.45) is 0 Å². The maximum Gasteiger partial charge on any atom is 0.134 e. The summed E-state index contributed by atoms with van der Waals surface area (Å²) >= 11 is 0. The third-order valence-electron chi connectivity index (χ3n) is 3.71. The van der Waals surface area contributed by atoms with Crippen molar-refractivity contribution in [2.75, 3.05) is 0 Å². The first-order valence-corrected chi connectivity index (χ1v) is 7.48. The lowest BCUT2D eigenvalue weighted by Crippen LogP contribution is -2.06. The van der Waals surface area contributed by atoms with E-state index in [0.29, 0.717) is 6.04 Å².